The zero-order valence-corrected chi connectivity index (χ0v) is 14.0. The summed E-state index contributed by atoms with van der Waals surface area (Å²) in [6, 6.07) is 12.0. The second-order valence-corrected chi connectivity index (χ2v) is 6.14. The van der Waals surface area contributed by atoms with Gasteiger partial charge in [0.2, 0.25) is 0 Å². The maximum Gasteiger partial charge on any atom is 0.181 e. The predicted molar refractivity (Wildman–Crippen MR) is 97.4 cm³/mol. The van der Waals surface area contributed by atoms with Gasteiger partial charge in [0.15, 0.2) is 12.2 Å². The van der Waals surface area contributed by atoms with Crippen LogP contribution in [0.15, 0.2) is 58.5 Å². The van der Waals surface area contributed by atoms with Crippen LogP contribution < -0.4 is 5.43 Å². The van der Waals surface area contributed by atoms with Crippen LogP contribution in [-0.4, -0.2) is 34.7 Å². The van der Waals surface area contributed by atoms with Gasteiger partial charge >= 0.3 is 0 Å². The van der Waals surface area contributed by atoms with E-state index in [4.69, 9.17) is 9.40 Å². The van der Waals surface area contributed by atoms with Gasteiger partial charge in [-0.3, -0.25) is 10.4 Å². The minimum Gasteiger partial charge on any atom is -0.444 e. The largest absolute Gasteiger partial charge is 0.444 e. The molecule has 0 bridgehead atoms. The minimum atomic E-state index is 0.749. The van der Waals surface area contributed by atoms with Crippen LogP contribution in [0.25, 0.3) is 11.3 Å². The van der Waals surface area contributed by atoms with Gasteiger partial charge in [0.1, 0.15) is 0 Å². The van der Waals surface area contributed by atoms with Crippen LogP contribution in [0.5, 0.6) is 0 Å². The second kappa shape index (κ2) is 6.86. The van der Waals surface area contributed by atoms with Gasteiger partial charge in [0.05, 0.1) is 23.8 Å². The Labute approximate surface area is 146 Å². The highest BCUT2D eigenvalue weighted by molar-refractivity contribution is 5.78. The van der Waals surface area contributed by atoms with Gasteiger partial charge in [-0.2, -0.15) is 5.10 Å². The fourth-order valence-corrected chi connectivity index (χ4v) is 2.89. The van der Waals surface area contributed by atoms with E-state index in [0.29, 0.717) is 0 Å². The van der Waals surface area contributed by atoms with Gasteiger partial charge in [-0.05, 0) is 42.9 Å². The second-order valence-electron chi connectivity index (χ2n) is 6.14. The molecule has 1 N–H and O–H groups in total. The molecule has 1 aliphatic rings. The monoisotopic (exact) mass is 333 g/mol. The number of anilines is 1. The lowest BCUT2D eigenvalue weighted by atomic mass is 10.1. The van der Waals surface area contributed by atoms with E-state index >= 15 is 0 Å². The third-order valence-corrected chi connectivity index (χ3v) is 4.25. The van der Waals surface area contributed by atoms with Gasteiger partial charge in [0, 0.05) is 30.8 Å². The van der Waals surface area contributed by atoms with Crippen molar-refractivity contribution in [3.05, 3.63) is 65.9 Å². The standard InChI is InChI=1S/C19H19N5O/c1-24-9-8-18-15(12-24)4-7-17(22-18)10-21-23-16-5-2-14(3-6-16)19-11-20-13-25-19/h2-7,10-11,13,23H,8-9,12H2,1H3/b21-10+. The highest BCUT2D eigenvalue weighted by Crippen LogP contribution is 2.20. The molecule has 1 aromatic carbocycles. The lowest BCUT2D eigenvalue weighted by molar-refractivity contribution is 0.310. The predicted octanol–water partition coefficient (Wildman–Crippen LogP) is 3.17. The number of fused-ring (bicyclic) bond motifs is 1. The first-order chi connectivity index (χ1) is 12.3. The summed E-state index contributed by atoms with van der Waals surface area (Å²) in [5.41, 5.74) is 8.27. The zero-order valence-electron chi connectivity index (χ0n) is 14.0. The molecule has 0 spiro atoms. The molecule has 0 radical (unpaired) electrons. The van der Waals surface area contributed by atoms with Crippen molar-refractivity contribution < 1.29 is 4.42 Å². The number of hydrogen-bond donors (Lipinski definition) is 1. The maximum absolute atomic E-state index is 5.28. The lowest BCUT2D eigenvalue weighted by Crippen LogP contribution is -2.27. The molecule has 0 aliphatic carbocycles. The summed E-state index contributed by atoms with van der Waals surface area (Å²) >= 11 is 0. The molecule has 0 amide bonds. The Morgan fingerprint density at radius 1 is 1.20 bits per heavy atom. The minimum absolute atomic E-state index is 0.749. The molecular weight excluding hydrogens is 314 g/mol. The molecule has 6 heteroatoms. The van der Waals surface area contributed by atoms with E-state index in [2.05, 4.69) is 33.5 Å². The molecule has 2 aromatic heterocycles. The fourth-order valence-electron chi connectivity index (χ4n) is 2.89. The third-order valence-electron chi connectivity index (χ3n) is 4.25. The first kappa shape index (κ1) is 15.5. The van der Waals surface area contributed by atoms with E-state index in [1.807, 2.05) is 30.3 Å². The van der Waals surface area contributed by atoms with E-state index in [1.165, 1.54) is 17.7 Å². The first-order valence-corrected chi connectivity index (χ1v) is 8.23. The summed E-state index contributed by atoms with van der Waals surface area (Å²) in [5, 5.41) is 4.28. The molecule has 0 atom stereocenters. The van der Waals surface area contributed by atoms with Crippen molar-refractivity contribution in [2.45, 2.75) is 13.0 Å². The number of nitrogens with one attached hydrogen (secondary N) is 1. The Hall–Kier alpha value is -2.99. The molecular formula is C19H19N5O. The number of benzene rings is 1. The Morgan fingerprint density at radius 3 is 2.88 bits per heavy atom. The number of likely N-dealkylation sites (N-methyl/N-ethyl adjacent to an activating group) is 1. The summed E-state index contributed by atoms with van der Waals surface area (Å²) in [5.74, 6) is 0.749. The molecule has 6 nitrogen and oxygen atoms in total. The average molecular weight is 333 g/mol. The Balaban J connectivity index is 1.41. The first-order valence-electron chi connectivity index (χ1n) is 8.23. The van der Waals surface area contributed by atoms with Crippen molar-refractivity contribution in [2.24, 2.45) is 5.10 Å². The van der Waals surface area contributed by atoms with E-state index in [9.17, 15) is 0 Å². The van der Waals surface area contributed by atoms with Crippen LogP contribution in [0, 0.1) is 0 Å². The smallest absolute Gasteiger partial charge is 0.181 e. The van der Waals surface area contributed by atoms with Crippen LogP contribution >= 0.6 is 0 Å². The quantitative estimate of drug-likeness (QED) is 0.587. The number of nitrogens with zero attached hydrogens (tertiary/aromatic N) is 4. The molecule has 25 heavy (non-hydrogen) atoms. The summed E-state index contributed by atoms with van der Waals surface area (Å²) in [7, 11) is 2.13. The molecule has 126 valence electrons. The summed E-state index contributed by atoms with van der Waals surface area (Å²) in [6.45, 7) is 2.02. The van der Waals surface area contributed by atoms with Crippen molar-refractivity contribution >= 4 is 11.9 Å². The van der Waals surface area contributed by atoms with Crippen LogP contribution in [0.4, 0.5) is 5.69 Å². The number of pyridine rings is 1. The van der Waals surface area contributed by atoms with Gasteiger partial charge < -0.3 is 9.32 Å². The van der Waals surface area contributed by atoms with Crippen molar-refractivity contribution in [2.75, 3.05) is 19.0 Å². The highest BCUT2D eigenvalue weighted by atomic mass is 16.3. The summed E-state index contributed by atoms with van der Waals surface area (Å²) in [4.78, 5) is 10.9. The van der Waals surface area contributed by atoms with Gasteiger partial charge in [-0.15, -0.1) is 0 Å². The van der Waals surface area contributed by atoms with Crippen LogP contribution in [0.2, 0.25) is 0 Å². The molecule has 0 fully saturated rings. The molecule has 0 saturated carbocycles. The molecule has 0 saturated heterocycles. The SMILES string of the molecule is CN1CCc2nc(/C=N/Nc3ccc(-c4cnco4)cc3)ccc2C1. The summed E-state index contributed by atoms with van der Waals surface area (Å²) < 4.78 is 5.28. The Morgan fingerprint density at radius 2 is 2.08 bits per heavy atom. The van der Waals surface area contributed by atoms with Crippen molar-refractivity contribution in [1.82, 2.24) is 14.9 Å². The number of rotatable bonds is 4. The third kappa shape index (κ3) is 3.59. The summed E-state index contributed by atoms with van der Waals surface area (Å²) in [6.07, 6.45) is 5.86. The molecule has 1 aliphatic heterocycles. The Kier molecular flexibility index (Phi) is 4.26. The number of oxazole rings is 1. The van der Waals surface area contributed by atoms with E-state index < -0.39 is 0 Å². The van der Waals surface area contributed by atoms with Crippen LogP contribution in [0.3, 0.4) is 0 Å². The average Bonchev–Trinajstić information content (AvgIpc) is 3.17. The molecule has 3 heterocycles. The number of hydrazone groups is 1. The number of aromatic nitrogens is 2. The number of hydrogen-bond acceptors (Lipinski definition) is 6. The van der Waals surface area contributed by atoms with Crippen molar-refractivity contribution in [1.29, 1.82) is 0 Å². The zero-order chi connectivity index (χ0) is 17.1. The van der Waals surface area contributed by atoms with Gasteiger partial charge in [0.25, 0.3) is 0 Å². The fraction of sp³-hybridized carbons (Fsp3) is 0.211. The van der Waals surface area contributed by atoms with Crippen molar-refractivity contribution in [3.8, 4) is 11.3 Å². The van der Waals surface area contributed by atoms with Gasteiger partial charge in [-0.25, -0.2) is 4.98 Å². The van der Waals surface area contributed by atoms with E-state index in [1.54, 1.807) is 12.4 Å². The van der Waals surface area contributed by atoms with Crippen LogP contribution in [0.1, 0.15) is 17.0 Å². The van der Waals surface area contributed by atoms with E-state index in [-0.39, 0.29) is 0 Å². The molecule has 0 unspecified atom stereocenters. The Bertz CT molecular complexity index is 871. The van der Waals surface area contributed by atoms with Crippen LogP contribution in [-0.2, 0) is 13.0 Å². The topological polar surface area (TPSA) is 66.6 Å². The van der Waals surface area contributed by atoms with Gasteiger partial charge in [-0.1, -0.05) is 6.07 Å². The molecule has 3 aromatic rings. The normalized spacial score (nSPS) is 14.6. The van der Waals surface area contributed by atoms with Crippen molar-refractivity contribution in [3.63, 3.8) is 0 Å². The van der Waals surface area contributed by atoms with E-state index in [0.717, 1.165) is 42.2 Å². The maximum atomic E-state index is 5.28. The molecule has 4 rings (SSSR count). The lowest BCUT2D eigenvalue weighted by Gasteiger charge is -2.24. The highest BCUT2D eigenvalue weighted by Gasteiger charge is 2.14.